The van der Waals surface area contributed by atoms with Crippen LogP contribution < -0.4 is 15.2 Å². The highest BCUT2D eigenvalue weighted by atomic mass is 32.2. The van der Waals surface area contributed by atoms with E-state index in [0.29, 0.717) is 18.1 Å². The van der Waals surface area contributed by atoms with Crippen LogP contribution in [0.2, 0.25) is 0 Å². The van der Waals surface area contributed by atoms with E-state index in [1.807, 2.05) is 6.92 Å². The predicted octanol–water partition coefficient (Wildman–Crippen LogP) is 1.37. The minimum absolute atomic E-state index is 0.102. The number of rotatable bonds is 6. The average Bonchev–Trinajstić information content (AvgIpc) is 2.53. The van der Waals surface area contributed by atoms with Gasteiger partial charge in [0.2, 0.25) is 15.9 Å². The van der Waals surface area contributed by atoms with Gasteiger partial charge in [0.25, 0.3) is 5.91 Å². The van der Waals surface area contributed by atoms with Crippen molar-refractivity contribution in [1.82, 2.24) is 10.3 Å². The molecule has 0 aliphatic carbocycles. The number of benzene rings is 1. The van der Waals surface area contributed by atoms with Crippen LogP contribution in [0.4, 0.5) is 0 Å². The average molecular weight is 349 g/mol. The molecule has 0 saturated heterocycles. The Hall–Kier alpha value is -2.45. The molecular weight excluding hydrogens is 330 g/mol. The molecule has 0 atom stereocenters. The van der Waals surface area contributed by atoms with Gasteiger partial charge in [0.15, 0.2) is 0 Å². The monoisotopic (exact) mass is 349 g/mol. The second-order valence-electron chi connectivity index (χ2n) is 5.11. The van der Waals surface area contributed by atoms with Gasteiger partial charge in [0.05, 0.1) is 11.5 Å². The lowest BCUT2D eigenvalue weighted by Crippen LogP contribution is -2.24. The molecule has 3 N–H and O–H groups in total. The van der Waals surface area contributed by atoms with Crippen LogP contribution >= 0.6 is 0 Å². The molecule has 0 bridgehead atoms. The molecule has 7 nitrogen and oxygen atoms in total. The first kappa shape index (κ1) is 17.9. The number of hydrogen-bond acceptors (Lipinski definition) is 5. The number of hydrogen-bond donors (Lipinski definition) is 2. The Bertz CT molecular complexity index is 850. The highest BCUT2D eigenvalue weighted by Crippen LogP contribution is 2.16. The van der Waals surface area contributed by atoms with Crippen LogP contribution in [0.1, 0.15) is 28.4 Å². The van der Waals surface area contributed by atoms with E-state index < -0.39 is 15.9 Å². The van der Waals surface area contributed by atoms with Gasteiger partial charge in [-0.15, -0.1) is 0 Å². The number of aromatic nitrogens is 1. The summed E-state index contributed by atoms with van der Waals surface area (Å²) >= 11 is 0. The summed E-state index contributed by atoms with van der Waals surface area (Å²) in [6, 6.07) is 7.73. The summed E-state index contributed by atoms with van der Waals surface area (Å²) in [5, 5.41) is 7.85. The second-order valence-corrected chi connectivity index (χ2v) is 6.67. The Balaban J connectivity index is 2.19. The Morgan fingerprint density at radius 2 is 2.08 bits per heavy atom. The molecule has 1 heterocycles. The maximum atomic E-state index is 12.4. The largest absolute Gasteiger partial charge is 0.478 e. The molecule has 2 rings (SSSR count). The molecule has 0 fully saturated rings. The number of nitrogens with zero attached hydrogens (tertiary/aromatic N) is 1. The summed E-state index contributed by atoms with van der Waals surface area (Å²) in [4.78, 5) is 16.4. The van der Waals surface area contributed by atoms with Crippen molar-refractivity contribution in [1.29, 1.82) is 0 Å². The first-order valence-corrected chi connectivity index (χ1v) is 8.86. The van der Waals surface area contributed by atoms with Crippen LogP contribution in [0.3, 0.4) is 0 Å². The molecular formula is C16H19N3O4S. The Kier molecular flexibility index (Phi) is 5.53. The number of nitrogens with two attached hydrogens (primary N) is 1. The Morgan fingerprint density at radius 3 is 2.75 bits per heavy atom. The first-order valence-electron chi connectivity index (χ1n) is 7.31. The van der Waals surface area contributed by atoms with Gasteiger partial charge in [-0.3, -0.25) is 4.79 Å². The second kappa shape index (κ2) is 7.41. The summed E-state index contributed by atoms with van der Waals surface area (Å²) in [6.45, 7) is 4.24. The van der Waals surface area contributed by atoms with Crippen LogP contribution in [0.15, 0.2) is 41.4 Å². The van der Waals surface area contributed by atoms with Gasteiger partial charge < -0.3 is 10.1 Å². The molecule has 0 spiro atoms. The quantitative estimate of drug-likeness (QED) is 0.818. The molecule has 1 aromatic carbocycles. The smallest absolute Gasteiger partial charge is 0.251 e. The number of carbonyl (C=O) groups is 1. The van der Waals surface area contributed by atoms with Gasteiger partial charge in [0, 0.05) is 23.9 Å². The maximum absolute atomic E-state index is 12.4. The van der Waals surface area contributed by atoms with Crippen molar-refractivity contribution in [2.24, 2.45) is 5.14 Å². The third-order valence-corrected chi connectivity index (χ3v) is 4.26. The van der Waals surface area contributed by atoms with Crippen LogP contribution in [0.25, 0.3) is 0 Å². The van der Waals surface area contributed by atoms with E-state index in [1.54, 1.807) is 31.3 Å². The predicted molar refractivity (Wildman–Crippen MR) is 89.1 cm³/mol. The lowest BCUT2D eigenvalue weighted by atomic mass is 10.1. The third-order valence-electron chi connectivity index (χ3n) is 3.35. The molecule has 1 aromatic heterocycles. The fraction of sp³-hybridized carbons (Fsp3) is 0.250. The van der Waals surface area contributed by atoms with Gasteiger partial charge >= 0.3 is 0 Å². The zero-order valence-corrected chi connectivity index (χ0v) is 14.3. The lowest BCUT2D eigenvalue weighted by Gasteiger charge is -2.11. The van der Waals surface area contributed by atoms with Crippen molar-refractivity contribution in [2.45, 2.75) is 25.3 Å². The molecule has 8 heteroatoms. The summed E-state index contributed by atoms with van der Waals surface area (Å²) in [5.74, 6) is 0.0552. The number of nitrogens with one attached hydrogen (secondary N) is 1. The van der Waals surface area contributed by atoms with E-state index >= 15 is 0 Å². The van der Waals surface area contributed by atoms with Crippen molar-refractivity contribution >= 4 is 15.9 Å². The summed E-state index contributed by atoms with van der Waals surface area (Å²) < 4.78 is 28.3. The normalized spacial score (nSPS) is 11.1. The minimum Gasteiger partial charge on any atom is -0.478 e. The zero-order chi connectivity index (χ0) is 17.7. The first-order chi connectivity index (χ1) is 11.3. The molecule has 0 aliphatic rings. The minimum atomic E-state index is -3.87. The Labute approximate surface area is 140 Å². The fourth-order valence-electron chi connectivity index (χ4n) is 2.12. The topological polar surface area (TPSA) is 111 Å². The summed E-state index contributed by atoms with van der Waals surface area (Å²) in [7, 11) is -3.87. The molecule has 128 valence electrons. The number of sulfonamides is 1. The fourth-order valence-corrected chi connectivity index (χ4v) is 2.66. The molecule has 1 amide bonds. The number of pyridine rings is 1. The van der Waals surface area contributed by atoms with E-state index in [4.69, 9.17) is 9.88 Å². The van der Waals surface area contributed by atoms with E-state index in [-0.39, 0.29) is 17.0 Å². The summed E-state index contributed by atoms with van der Waals surface area (Å²) in [6.07, 6.45) is 1.61. The maximum Gasteiger partial charge on any atom is 0.251 e. The van der Waals surface area contributed by atoms with Crippen LogP contribution in [-0.2, 0) is 16.6 Å². The third kappa shape index (κ3) is 4.30. The van der Waals surface area contributed by atoms with Crippen LogP contribution in [0.5, 0.6) is 5.88 Å². The SMILES string of the molecule is CCOc1ncccc1CNC(=O)c1cc(S(N)(=O)=O)ccc1C. The molecule has 0 saturated carbocycles. The highest BCUT2D eigenvalue weighted by molar-refractivity contribution is 7.89. The van der Waals surface area contributed by atoms with Crippen molar-refractivity contribution in [2.75, 3.05) is 6.61 Å². The number of primary sulfonamides is 1. The summed E-state index contributed by atoms with van der Waals surface area (Å²) in [5.41, 5.74) is 1.63. The number of carbonyl (C=O) groups excluding carboxylic acids is 1. The molecule has 2 aromatic rings. The zero-order valence-electron chi connectivity index (χ0n) is 13.4. The van der Waals surface area contributed by atoms with Gasteiger partial charge in [-0.2, -0.15) is 0 Å². The van der Waals surface area contributed by atoms with Gasteiger partial charge in [0.1, 0.15) is 0 Å². The molecule has 0 aliphatic heterocycles. The van der Waals surface area contributed by atoms with Gasteiger partial charge in [-0.1, -0.05) is 12.1 Å². The number of ether oxygens (including phenoxy) is 1. The van der Waals surface area contributed by atoms with E-state index in [1.165, 1.54) is 12.1 Å². The standard InChI is InChI=1S/C16H19N3O4S/c1-3-23-16-12(5-4-8-18-16)10-19-15(20)14-9-13(24(17,21)22)7-6-11(14)2/h4-9H,3,10H2,1-2H3,(H,19,20)(H2,17,21,22). The van der Waals surface area contributed by atoms with Crippen LogP contribution in [-0.4, -0.2) is 25.9 Å². The van der Waals surface area contributed by atoms with Crippen LogP contribution in [0, 0.1) is 6.92 Å². The van der Waals surface area contributed by atoms with E-state index in [9.17, 15) is 13.2 Å². The van der Waals surface area contributed by atoms with E-state index in [2.05, 4.69) is 10.3 Å². The van der Waals surface area contributed by atoms with Crippen molar-refractivity contribution in [3.8, 4) is 5.88 Å². The number of amides is 1. The molecule has 24 heavy (non-hydrogen) atoms. The molecule has 0 radical (unpaired) electrons. The number of aryl methyl sites for hydroxylation is 1. The van der Waals surface area contributed by atoms with Gasteiger partial charge in [-0.05, 0) is 37.6 Å². The van der Waals surface area contributed by atoms with Gasteiger partial charge in [-0.25, -0.2) is 18.5 Å². The van der Waals surface area contributed by atoms with E-state index in [0.717, 1.165) is 5.56 Å². The van der Waals surface area contributed by atoms with Crippen molar-refractivity contribution in [3.63, 3.8) is 0 Å². The lowest BCUT2D eigenvalue weighted by molar-refractivity contribution is 0.0949. The van der Waals surface area contributed by atoms with Crippen molar-refractivity contribution in [3.05, 3.63) is 53.2 Å². The highest BCUT2D eigenvalue weighted by Gasteiger charge is 2.15. The van der Waals surface area contributed by atoms with Crippen molar-refractivity contribution < 1.29 is 17.9 Å². The molecule has 0 unspecified atom stereocenters. The Morgan fingerprint density at radius 1 is 1.33 bits per heavy atom.